The van der Waals surface area contributed by atoms with E-state index in [1.165, 1.54) is 5.56 Å². The SMILES string of the molecule is CCN(CC(=O)NC(C)C)C(=O)c1cn(Cc2ccccc2)c2ccccc12. The molecule has 0 saturated carbocycles. The Bertz CT molecular complexity index is 960. The molecule has 1 aromatic heterocycles. The minimum absolute atomic E-state index is 0.0501. The molecule has 0 spiro atoms. The lowest BCUT2D eigenvalue weighted by atomic mass is 10.1. The Balaban J connectivity index is 1.91. The second-order valence-corrected chi connectivity index (χ2v) is 7.21. The highest BCUT2D eigenvalue weighted by Gasteiger charge is 2.22. The lowest BCUT2D eigenvalue weighted by Crippen LogP contribution is -2.42. The van der Waals surface area contributed by atoms with E-state index in [4.69, 9.17) is 0 Å². The number of aromatic nitrogens is 1. The molecule has 3 aromatic rings. The average molecular weight is 377 g/mol. The van der Waals surface area contributed by atoms with Gasteiger partial charge in [0.05, 0.1) is 12.1 Å². The quantitative estimate of drug-likeness (QED) is 0.683. The molecule has 1 heterocycles. The third-order valence-corrected chi connectivity index (χ3v) is 4.67. The summed E-state index contributed by atoms with van der Waals surface area (Å²) < 4.78 is 2.10. The molecule has 0 fully saturated rings. The molecular weight excluding hydrogens is 350 g/mol. The molecule has 28 heavy (non-hydrogen) atoms. The third kappa shape index (κ3) is 4.42. The Morgan fingerprint density at radius 2 is 1.71 bits per heavy atom. The Morgan fingerprint density at radius 3 is 2.39 bits per heavy atom. The van der Waals surface area contributed by atoms with Crippen LogP contribution in [0.1, 0.15) is 36.7 Å². The van der Waals surface area contributed by atoms with Crippen LogP contribution in [-0.2, 0) is 11.3 Å². The third-order valence-electron chi connectivity index (χ3n) is 4.67. The van der Waals surface area contributed by atoms with Crippen LogP contribution in [0.3, 0.4) is 0 Å². The van der Waals surface area contributed by atoms with E-state index in [-0.39, 0.29) is 24.4 Å². The van der Waals surface area contributed by atoms with Gasteiger partial charge in [0, 0.05) is 36.2 Å². The van der Waals surface area contributed by atoms with Gasteiger partial charge in [0.15, 0.2) is 0 Å². The molecule has 3 rings (SSSR count). The maximum Gasteiger partial charge on any atom is 0.256 e. The summed E-state index contributed by atoms with van der Waals surface area (Å²) in [5.74, 6) is -0.261. The normalized spacial score (nSPS) is 11.0. The van der Waals surface area contributed by atoms with Gasteiger partial charge in [0.2, 0.25) is 5.91 Å². The maximum atomic E-state index is 13.2. The fraction of sp³-hybridized carbons (Fsp3) is 0.304. The molecule has 0 radical (unpaired) electrons. The second-order valence-electron chi connectivity index (χ2n) is 7.21. The molecular formula is C23H27N3O2. The Labute approximate surface area is 166 Å². The van der Waals surface area contributed by atoms with Gasteiger partial charge < -0.3 is 14.8 Å². The number of carbonyl (C=O) groups excluding carboxylic acids is 2. The first-order chi connectivity index (χ1) is 13.5. The van der Waals surface area contributed by atoms with E-state index < -0.39 is 0 Å². The van der Waals surface area contributed by atoms with Crippen LogP contribution in [0.25, 0.3) is 10.9 Å². The molecule has 0 unspecified atom stereocenters. The van der Waals surface area contributed by atoms with Crippen molar-refractivity contribution >= 4 is 22.7 Å². The summed E-state index contributed by atoms with van der Waals surface area (Å²) in [7, 11) is 0. The number of fused-ring (bicyclic) bond motifs is 1. The number of carbonyl (C=O) groups is 2. The minimum Gasteiger partial charge on any atom is -0.352 e. The van der Waals surface area contributed by atoms with Crippen LogP contribution in [0.4, 0.5) is 0 Å². The first kappa shape index (κ1) is 19.7. The summed E-state index contributed by atoms with van der Waals surface area (Å²) in [6.45, 7) is 6.94. The van der Waals surface area contributed by atoms with Crippen molar-refractivity contribution in [3.8, 4) is 0 Å². The number of benzene rings is 2. The number of hydrogen-bond donors (Lipinski definition) is 1. The first-order valence-corrected chi connectivity index (χ1v) is 9.70. The van der Waals surface area contributed by atoms with Gasteiger partial charge in [0.1, 0.15) is 0 Å². The molecule has 1 N–H and O–H groups in total. The van der Waals surface area contributed by atoms with Crippen molar-refractivity contribution in [3.05, 3.63) is 71.9 Å². The molecule has 2 aromatic carbocycles. The number of likely N-dealkylation sites (N-methyl/N-ethyl adjacent to an activating group) is 1. The van der Waals surface area contributed by atoms with Gasteiger partial charge in [0.25, 0.3) is 5.91 Å². The second kappa shape index (κ2) is 8.74. The van der Waals surface area contributed by atoms with Gasteiger partial charge in [-0.1, -0.05) is 48.5 Å². The zero-order chi connectivity index (χ0) is 20.1. The lowest BCUT2D eigenvalue weighted by molar-refractivity contribution is -0.122. The van der Waals surface area contributed by atoms with Crippen molar-refractivity contribution in [2.24, 2.45) is 0 Å². The van der Waals surface area contributed by atoms with Crippen LogP contribution in [0.2, 0.25) is 0 Å². The average Bonchev–Trinajstić information content (AvgIpc) is 3.04. The topological polar surface area (TPSA) is 54.3 Å². The van der Waals surface area contributed by atoms with Crippen molar-refractivity contribution in [2.45, 2.75) is 33.4 Å². The van der Waals surface area contributed by atoms with Gasteiger partial charge in [-0.05, 0) is 32.4 Å². The minimum atomic E-state index is -0.141. The molecule has 0 saturated heterocycles. The predicted molar refractivity (Wildman–Crippen MR) is 112 cm³/mol. The molecule has 0 atom stereocenters. The highest BCUT2D eigenvalue weighted by atomic mass is 16.2. The van der Waals surface area contributed by atoms with Crippen LogP contribution in [0.15, 0.2) is 60.8 Å². The molecule has 146 valence electrons. The van der Waals surface area contributed by atoms with Gasteiger partial charge in [-0.3, -0.25) is 9.59 Å². The van der Waals surface area contributed by atoms with Crippen LogP contribution < -0.4 is 5.32 Å². The Hall–Kier alpha value is -3.08. The van der Waals surface area contributed by atoms with E-state index in [2.05, 4.69) is 22.0 Å². The molecule has 5 nitrogen and oxygen atoms in total. The highest BCUT2D eigenvalue weighted by Crippen LogP contribution is 2.24. The van der Waals surface area contributed by atoms with Crippen molar-refractivity contribution in [1.29, 1.82) is 0 Å². The number of hydrogen-bond acceptors (Lipinski definition) is 2. The molecule has 2 amide bonds. The van der Waals surface area contributed by atoms with Crippen LogP contribution in [0, 0.1) is 0 Å². The fourth-order valence-electron chi connectivity index (χ4n) is 3.37. The standard InChI is InChI=1S/C23H27N3O2/c1-4-25(16-22(27)24-17(2)3)23(28)20-15-26(14-18-10-6-5-7-11-18)21-13-9-8-12-19(20)21/h5-13,15,17H,4,14,16H2,1-3H3,(H,24,27). The first-order valence-electron chi connectivity index (χ1n) is 9.70. The van der Waals surface area contributed by atoms with E-state index in [1.807, 2.05) is 69.4 Å². The lowest BCUT2D eigenvalue weighted by Gasteiger charge is -2.21. The molecule has 5 heteroatoms. The van der Waals surface area contributed by atoms with Crippen molar-refractivity contribution in [2.75, 3.05) is 13.1 Å². The zero-order valence-electron chi connectivity index (χ0n) is 16.7. The van der Waals surface area contributed by atoms with Crippen molar-refractivity contribution in [3.63, 3.8) is 0 Å². The molecule has 0 aliphatic rings. The summed E-state index contributed by atoms with van der Waals surface area (Å²) in [5, 5.41) is 3.76. The van der Waals surface area contributed by atoms with E-state index in [9.17, 15) is 9.59 Å². The van der Waals surface area contributed by atoms with E-state index in [0.29, 0.717) is 18.7 Å². The predicted octanol–water partition coefficient (Wildman–Crippen LogP) is 3.68. The van der Waals surface area contributed by atoms with E-state index in [0.717, 1.165) is 10.9 Å². The van der Waals surface area contributed by atoms with Gasteiger partial charge in [-0.15, -0.1) is 0 Å². The number of nitrogens with one attached hydrogen (secondary N) is 1. The number of para-hydroxylation sites is 1. The van der Waals surface area contributed by atoms with Gasteiger partial charge >= 0.3 is 0 Å². The summed E-state index contributed by atoms with van der Waals surface area (Å²) in [5.41, 5.74) is 2.81. The van der Waals surface area contributed by atoms with Crippen LogP contribution in [-0.4, -0.2) is 40.4 Å². The van der Waals surface area contributed by atoms with E-state index in [1.54, 1.807) is 4.90 Å². The maximum absolute atomic E-state index is 13.2. The van der Waals surface area contributed by atoms with E-state index >= 15 is 0 Å². The Kier molecular flexibility index (Phi) is 6.14. The number of amides is 2. The molecule has 0 bridgehead atoms. The number of nitrogens with zero attached hydrogens (tertiary/aromatic N) is 2. The number of rotatable bonds is 7. The van der Waals surface area contributed by atoms with Crippen molar-refractivity contribution in [1.82, 2.24) is 14.8 Å². The van der Waals surface area contributed by atoms with Gasteiger partial charge in [-0.25, -0.2) is 0 Å². The highest BCUT2D eigenvalue weighted by molar-refractivity contribution is 6.07. The largest absolute Gasteiger partial charge is 0.352 e. The summed E-state index contributed by atoms with van der Waals surface area (Å²) >= 11 is 0. The molecule has 0 aliphatic heterocycles. The van der Waals surface area contributed by atoms with Gasteiger partial charge in [-0.2, -0.15) is 0 Å². The summed E-state index contributed by atoms with van der Waals surface area (Å²) in [6, 6.07) is 18.1. The fourth-order valence-corrected chi connectivity index (χ4v) is 3.37. The summed E-state index contributed by atoms with van der Waals surface area (Å²) in [6.07, 6.45) is 1.91. The summed E-state index contributed by atoms with van der Waals surface area (Å²) in [4.78, 5) is 27.0. The molecule has 0 aliphatic carbocycles. The van der Waals surface area contributed by atoms with Crippen molar-refractivity contribution < 1.29 is 9.59 Å². The van der Waals surface area contributed by atoms with Crippen LogP contribution >= 0.6 is 0 Å². The zero-order valence-corrected chi connectivity index (χ0v) is 16.7. The Morgan fingerprint density at radius 1 is 1.04 bits per heavy atom. The van der Waals surface area contributed by atoms with Crippen LogP contribution in [0.5, 0.6) is 0 Å². The monoisotopic (exact) mass is 377 g/mol. The smallest absolute Gasteiger partial charge is 0.256 e.